The first kappa shape index (κ1) is 38.4. The largest absolute Gasteiger partial charge is 3.00 e. The molecule has 1 aliphatic rings. The van der Waals surface area contributed by atoms with Crippen LogP contribution in [0, 0.1) is 24.9 Å². The number of hydrogen-bond donors (Lipinski definition) is 0. The van der Waals surface area contributed by atoms with Gasteiger partial charge in [0.05, 0.1) is 8.07 Å². The van der Waals surface area contributed by atoms with Crippen molar-refractivity contribution in [1.82, 2.24) is 4.98 Å². The molecule has 1 unspecified atom stereocenters. The maximum Gasteiger partial charge on any atom is 3.00 e. The quantitative estimate of drug-likeness (QED) is 0.107. The van der Waals surface area contributed by atoms with E-state index in [4.69, 9.17) is 16.6 Å². The van der Waals surface area contributed by atoms with E-state index in [2.05, 4.69) is 154 Å². The van der Waals surface area contributed by atoms with Gasteiger partial charge in [-0.25, -0.2) is 0 Å². The van der Waals surface area contributed by atoms with Crippen LogP contribution in [-0.2, 0) is 26.5 Å². The van der Waals surface area contributed by atoms with Crippen LogP contribution in [0.3, 0.4) is 0 Å². The van der Waals surface area contributed by atoms with E-state index in [0.29, 0.717) is 28.7 Å². The minimum atomic E-state index is -2.16. The maximum absolute atomic E-state index is 8.59. The number of rotatable bonds is 9. The smallest absolute Gasteiger partial charge is 0.661 e. The van der Waals surface area contributed by atoms with Crippen molar-refractivity contribution in [3.63, 3.8) is 0 Å². The van der Waals surface area contributed by atoms with Gasteiger partial charge >= 0.3 is 20.1 Å². The van der Waals surface area contributed by atoms with Crippen molar-refractivity contribution in [2.75, 3.05) is 4.90 Å². The Hall–Kier alpha value is -5.26. The number of nitrogens with zero attached hydrogens (tertiary/aromatic N) is 3. The minimum Gasteiger partial charge on any atom is -0.661 e. The summed E-state index contributed by atoms with van der Waals surface area (Å²) in [5.74, 6) is 0.484. The zero-order chi connectivity index (χ0) is 47.3. The molecule has 6 heteroatoms. The first-order chi connectivity index (χ1) is 31.2. The van der Waals surface area contributed by atoms with Gasteiger partial charge in [0.15, 0.2) is 0 Å². The van der Waals surface area contributed by atoms with E-state index in [0.717, 1.165) is 44.1 Å². The first-order valence-corrected chi connectivity index (χ1v) is 24.9. The Labute approximate surface area is 391 Å². The van der Waals surface area contributed by atoms with Crippen molar-refractivity contribution < 1.29 is 31.4 Å². The molecule has 0 aliphatic carbocycles. The third-order valence-electron chi connectivity index (χ3n) is 11.3. The molecular formula is C56H58IrN3OSi. The Morgan fingerprint density at radius 3 is 2.11 bits per heavy atom. The Morgan fingerprint density at radius 1 is 0.758 bits per heavy atom. The molecule has 1 aliphatic heterocycles. The zero-order valence-corrected chi connectivity index (χ0v) is 40.5. The number of anilines is 2. The molecule has 62 heavy (non-hydrogen) atoms. The Balaban J connectivity index is 0.000000216. The first-order valence-electron chi connectivity index (χ1n) is 23.9. The number of fused-ring (bicyclic) bond motifs is 4. The molecule has 8 aromatic rings. The number of hydrogen-bond acceptors (Lipinski definition) is 3. The fourth-order valence-corrected chi connectivity index (χ4v) is 9.64. The second-order valence-corrected chi connectivity index (χ2v) is 23.0. The van der Waals surface area contributed by atoms with Gasteiger partial charge in [-0.3, -0.25) is 0 Å². The summed E-state index contributed by atoms with van der Waals surface area (Å²) in [7, 11) is -1.78. The van der Waals surface area contributed by atoms with Crippen LogP contribution in [-0.4, -0.2) is 13.1 Å². The molecule has 0 radical (unpaired) electrons. The van der Waals surface area contributed by atoms with Gasteiger partial charge in [-0.1, -0.05) is 152 Å². The van der Waals surface area contributed by atoms with Crippen LogP contribution >= 0.6 is 0 Å². The Morgan fingerprint density at radius 2 is 1.45 bits per heavy atom. The summed E-state index contributed by atoms with van der Waals surface area (Å²) in [6, 6.07) is 49.5. The van der Waals surface area contributed by atoms with Crippen LogP contribution in [0.2, 0.25) is 19.6 Å². The van der Waals surface area contributed by atoms with Gasteiger partial charge in [0.25, 0.3) is 0 Å². The van der Waals surface area contributed by atoms with Gasteiger partial charge in [0, 0.05) is 35.4 Å². The molecule has 0 spiro atoms. The van der Waals surface area contributed by atoms with Crippen LogP contribution < -0.4 is 10.1 Å². The van der Waals surface area contributed by atoms with Gasteiger partial charge in [-0.05, 0) is 87.7 Å². The van der Waals surface area contributed by atoms with Gasteiger partial charge in [-0.2, -0.15) is 17.7 Å². The zero-order valence-electron chi connectivity index (χ0n) is 42.1. The normalized spacial score (nSPS) is 15.3. The van der Waals surface area contributed by atoms with E-state index in [9.17, 15) is 0 Å². The van der Waals surface area contributed by atoms with E-state index < -0.39 is 21.3 Å². The van der Waals surface area contributed by atoms with Crippen LogP contribution in [0.25, 0.3) is 49.6 Å². The van der Waals surface area contributed by atoms with Gasteiger partial charge in [0.2, 0.25) is 0 Å². The molecule has 0 bridgehead atoms. The summed E-state index contributed by atoms with van der Waals surface area (Å²) in [6.07, 6.45) is 0.0992. The van der Waals surface area contributed by atoms with Crippen molar-refractivity contribution in [2.45, 2.75) is 92.4 Å². The summed E-state index contributed by atoms with van der Waals surface area (Å²) >= 11 is 0. The van der Waals surface area contributed by atoms with Gasteiger partial charge in [-0.15, -0.1) is 47.1 Å². The number of aromatic nitrogens is 1. The van der Waals surface area contributed by atoms with E-state index in [1.54, 1.807) is 18.3 Å². The summed E-state index contributed by atoms with van der Waals surface area (Å²) < 4.78 is 45.7. The third-order valence-corrected chi connectivity index (χ3v) is 13.3. The van der Waals surface area contributed by atoms with E-state index >= 15 is 0 Å². The predicted octanol–water partition coefficient (Wildman–Crippen LogP) is 15.8. The molecule has 4 nitrogen and oxygen atoms in total. The number of pyridine rings is 1. The van der Waals surface area contributed by atoms with Crippen LogP contribution in [0.15, 0.2) is 138 Å². The Bertz CT molecular complexity index is 2980. The van der Waals surface area contributed by atoms with Crippen molar-refractivity contribution in [3.05, 3.63) is 179 Å². The average molecular weight is 1010 g/mol. The fraction of sp³-hybridized carbons (Fsp3) is 0.268. The molecule has 0 N–H and O–H groups in total. The monoisotopic (exact) mass is 1010 g/mol. The summed E-state index contributed by atoms with van der Waals surface area (Å²) in [4.78, 5) is 6.99. The number of furan rings is 1. The molecule has 0 saturated heterocycles. The molecule has 316 valence electrons. The minimum absolute atomic E-state index is 0. The second kappa shape index (κ2) is 18.6. The van der Waals surface area contributed by atoms with E-state index in [-0.39, 0.29) is 37.8 Å². The molecule has 0 saturated carbocycles. The molecule has 0 fully saturated rings. The topological polar surface area (TPSA) is 43.4 Å². The number of para-hydroxylation sites is 3. The second-order valence-electron chi connectivity index (χ2n) is 18.0. The molecule has 0 amide bonds. The summed E-state index contributed by atoms with van der Waals surface area (Å²) in [5, 5.41) is 8.53. The summed E-state index contributed by atoms with van der Waals surface area (Å²) in [6.45, 7) is 17.3. The molecule has 9 rings (SSSR count). The number of aryl methyl sites for hydroxylation is 1. The molecular weight excluding hydrogens is 951 g/mol. The molecule has 2 aromatic heterocycles. The van der Waals surface area contributed by atoms with Crippen molar-refractivity contribution in [3.8, 4) is 22.4 Å². The van der Waals surface area contributed by atoms with E-state index in [1.807, 2.05) is 38.1 Å². The SMILES string of the molecule is CC(C)c1cc(-c2ccccc2)cc(C(C)C)c1N1c2ccccc2[N-]C1c1[c-]cc2oc3ccccc3c2c1.[2H]C([2H])([2H])c1c[c-]c(-c2cc(C([2H])([2H])C(C)C)c([Si](C)(C)C)cn2)cc1.[Ir+3]. The number of benzene rings is 6. The van der Waals surface area contributed by atoms with Crippen LogP contribution in [0.1, 0.15) is 94.2 Å². The van der Waals surface area contributed by atoms with Crippen molar-refractivity contribution in [1.29, 1.82) is 0 Å². The van der Waals surface area contributed by atoms with E-state index in [1.165, 1.54) is 34.0 Å². The van der Waals surface area contributed by atoms with Gasteiger partial charge < -0.3 is 19.6 Å². The van der Waals surface area contributed by atoms with Crippen molar-refractivity contribution >= 4 is 52.3 Å². The maximum atomic E-state index is 8.59. The van der Waals surface area contributed by atoms with Crippen LogP contribution in [0.5, 0.6) is 0 Å². The molecule has 6 aromatic carbocycles. The standard InChI is InChI=1S/C37H32N2O.C19H26NSi.Ir/c1-23(2)29-21-27(25-12-6-5-7-13-25)22-30(24(3)4)36(29)39-33-16-10-9-15-32(33)38-37(39)26-18-19-35-31(20-26)28-14-8-11-17-34(28)40-35;1-14(2)11-17-12-18(16-9-7-15(3)8-10-16)20-13-19(17)21(4,5)6;/h5-17,19-24,37H,1-4H3;7-9,12-14H,11H2,1-6H3;/q-2;-1;+3/i;3D3,11D2;. The molecule has 3 heterocycles. The fourth-order valence-electron chi connectivity index (χ4n) is 8.24. The predicted molar refractivity (Wildman–Crippen MR) is 262 cm³/mol. The van der Waals surface area contributed by atoms with Crippen LogP contribution in [0.4, 0.5) is 17.1 Å². The van der Waals surface area contributed by atoms with Crippen molar-refractivity contribution in [2.24, 2.45) is 5.92 Å². The molecule has 1 atom stereocenters. The van der Waals surface area contributed by atoms with Gasteiger partial charge in [0.1, 0.15) is 5.58 Å². The average Bonchev–Trinajstić information content (AvgIpc) is 3.86. The third kappa shape index (κ3) is 9.25. The Kier molecular flexibility index (Phi) is 11.5. The summed E-state index contributed by atoms with van der Waals surface area (Å²) in [5.41, 5.74) is 13.5.